The van der Waals surface area contributed by atoms with Crippen molar-refractivity contribution in [1.29, 1.82) is 0 Å². The Balaban J connectivity index is 3.23. The Morgan fingerprint density at radius 2 is 0.963 bits per heavy atom. The minimum absolute atomic E-state index is 0.324. The van der Waals surface area contributed by atoms with Crippen molar-refractivity contribution < 1.29 is 9.90 Å². The Bertz CT molecular complexity index is 444. The highest BCUT2D eigenvalue weighted by Crippen LogP contribution is 2.11. The monoisotopic (exact) mass is 374 g/mol. The van der Waals surface area contributed by atoms with Gasteiger partial charge in [-0.25, -0.2) is 0 Å². The van der Waals surface area contributed by atoms with Crippen molar-refractivity contribution in [2.24, 2.45) is 0 Å². The van der Waals surface area contributed by atoms with E-state index < -0.39 is 5.97 Å². The molecule has 0 aliphatic carbocycles. The largest absolute Gasteiger partial charge is 0.481 e. The van der Waals surface area contributed by atoms with E-state index in [-0.39, 0.29) is 0 Å². The molecular formula is C25H42O2. The summed E-state index contributed by atoms with van der Waals surface area (Å²) in [5, 5.41) is 8.56. The zero-order chi connectivity index (χ0) is 19.8. The molecule has 0 saturated carbocycles. The van der Waals surface area contributed by atoms with Crippen LogP contribution in [0, 0.1) is 23.7 Å². The zero-order valence-corrected chi connectivity index (χ0v) is 17.8. The first-order chi connectivity index (χ1) is 13.3. The van der Waals surface area contributed by atoms with Crippen LogP contribution in [0.25, 0.3) is 0 Å². The highest BCUT2D eigenvalue weighted by molar-refractivity contribution is 5.66. The van der Waals surface area contributed by atoms with Crippen LogP contribution in [0.1, 0.15) is 129 Å². The number of carboxylic acids is 1. The number of unbranched alkanes of at least 4 members (excludes halogenated alkanes) is 16. The summed E-state index contributed by atoms with van der Waals surface area (Å²) in [4.78, 5) is 10.4. The van der Waals surface area contributed by atoms with Crippen LogP contribution in [0.4, 0.5) is 0 Å². The molecule has 2 heteroatoms. The second kappa shape index (κ2) is 22.6. The third-order valence-electron chi connectivity index (χ3n) is 4.84. The highest BCUT2D eigenvalue weighted by atomic mass is 16.4. The highest BCUT2D eigenvalue weighted by Gasteiger charge is 1.96. The summed E-state index contributed by atoms with van der Waals surface area (Å²) in [6.45, 7) is 2.26. The van der Waals surface area contributed by atoms with Crippen molar-refractivity contribution in [2.45, 2.75) is 129 Å². The quantitative estimate of drug-likeness (QED) is 0.199. The third-order valence-corrected chi connectivity index (χ3v) is 4.84. The maximum Gasteiger partial charge on any atom is 0.303 e. The first kappa shape index (κ1) is 25.6. The fourth-order valence-electron chi connectivity index (χ4n) is 3.11. The minimum atomic E-state index is -0.669. The van der Waals surface area contributed by atoms with Crippen molar-refractivity contribution in [3.05, 3.63) is 0 Å². The molecule has 0 aromatic carbocycles. The van der Waals surface area contributed by atoms with Gasteiger partial charge in [0, 0.05) is 19.3 Å². The molecule has 154 valence electrons. The molecule has 0 saturated heterocycles. The lowest BCUT2D eigenvalue weighted by molar-refractivity contribution is -0.137. The van der Waals surface area contributed by atoms with Gasteiger partial charge in [0.25, 0.3) is 0 Å². The van der Waals surface area contributed by atoms with Crippen LogP contribution in [0.5, 0.6) is 0 Å². The summed E-state index contributed by atoms with van der Waals surface area (Å²) in [6.07, 6.45) is 22.3. The van der Waals surface area contributed by atoms with E-state index in [0.717, 1.165) is 25.7 Å². The lowest BCUT2D eigenvalue weighted by Gasteiger charge is -2.01. The second-order valence-electron chi connectivity index (χ2n) is 7.55. The SMILES string of the molecule is CCCCCCCCCC#CC#CCCCCCCCCCCCC(=O)O. The Kier molecular flexibility index (Phi) is 21.4. The van der Waals surface area contributed by atoms with Crippen LogP contribution in [-0.4, -0.2) is 11.1 Å². The van der Waals surface area contributed by atoms with Crippen molar-refractivity contribution in [1.82, 2.24) is 0 Å². The summed E-state index contributed by atoms with van der Waals surface area (Å²) < 4.78 is 0. The first-order valence-electron chi connectivity index (χ1n) is 11.4. The molecule has 0 aliphatic heterocycles. The average Bonchev–Trinajstić information content (AvgIpc) is 2.65. The Labute approximate surface area is 168 Å². The maximum absolute atomic E-state index is 10.4. The summed E-state index contributed by atoms with van der Waals surface area (Å²) >= 11 is 0. The van der Waals surface area contributed by atoms with Crippen molar-refractivity contribution >= 4 is 5.97 Å². The summed E-state index contributed by atoms with van der Waals surface area (Å²) in [7, 11) is 0. The van der Waals surface area contributed by atoms with Gasteiger partial charge in [0.05, 0.1) is 0 Å². The van der Waals surface area contributed by atoms with Gasteiger partial charge in [-0.2, -0.15) is 0 Å². The predicted molar refractivity (Wildman–Crippen MR) is 117 cm³/mol. The van der Waals surface area contributed by atoms with Crippen LogP contribution in [-0.2, 0) is 4.79 Å². The van der Waals surface area contributed by atoms with E-state index in [4.69, 9.17) is 5.11 Å². The van der Waals surface area contributed by atoms with Crippen molar-refractivity contribution in [3.8, 4) is 23.7 Å². The van der Waals surface area contributed by atoms with E-state index in [9.17, 15) is 4.79 Å². The van der Waals surface area contributed by atoms with Gasteiger partial charge >= 0.3 is 5.97 Å². The topological polar surface area (TPSA) is 37.3 Å². The van der Waals surface area contributed by atoms with Crippen LogP contribution in [0.2, 0.25) is 0 Å². The number of hydrogen-bond donors (Lipinski definition) is 1. The molecule has 0 amide bonds. The third kappa shape index (κ3) is 24.6. The molecule has 0 radical (unpaired) electrons. The minimum Gasteiger partial charge on any atom is -0.481 e. The molecule has 0 unspecified atom stereocenters. The van der Waals surface area contributed by atoms with E-state index in [2.05, 4.69) is 30.6 Å². The standard InChI is InChI=1S/C25H42O2/c1-2-3-4-5-6-7-8-9-10-11-12-13-14-15-16-17-18-19-20-21-22-23-24-25(26)27/h2-9,14-24H2,1H3,(H,26,27). The molecule has 0 aliphatic rings. The van der Waals surface area contributed by atoms with E-state index in [0.29, 0.717) is 6.42 Å². The lowest BCUT2D eigenvalue weighted by Crippen LogP contribution is -1.93. The lowest BCUT2D eigenvalue weighted by atomic mass is 10.1. The van der Waals surface area contributed by atoms with E-state index in [1.54, 1.807) is 0 Å². The molecule has 0 bridgehead atoms. The number of aliphatic carboxylic acids is 1. The number of rotatable bonds is 18. The molecule has 0 aromatic heterocycles. The normalized spacial score (nSPS) is 9.96. The van der Waals surface area contributed by atoms with Gasteiger partial charge < -0.3 is 5.11 Å². The molecule has 0 rings (SSSR count). The molecule has 0 heterocycles. The van der Waals surface area contributed by atoms with Gasteiger partial charge in [-0.15, -0.1) is 0 Å². The molecule has 27 heavy (non-hydrogen) atoms. The predicted octanol–water partition coefficient (Wildman–Crippen LogP) is 7.51. The van der Waals surface area contributed by atoms with Crippen LogP contribution >= 0.6 is 0 Å². The number of carbonyl (C=O) groups is 1. The van der Waals surface area contributed by atoms with Gasteiger partial charge in [-0.05, 0) is 31.1 Å². The Morgan fingerprint density at radius 1 is 0.593 bits per heavy atom. The molecule has 0 fully saturated rings. The maximum atomic E-state index is 10.4. The van der Waals surface area contributed by atoms with Crippen molar-refractivity contribution in [3.63, 3.8) is 0 Å². The first-order valence-corrected chi connectivity index (χ1v) is 11.4. The zero-order valence-electron chi connectivity index (χ0n) is 17.8. The smallest absolute Gasteiger partial charge is 0.303 e. The van der Waals surface area contributed by atoms with Gasteiger partial charge in [-0.1, -0.05) is 102 Å². The Hall–Kier alpha value is -1.41. The molecule has 1 N–H and O–H groups in total. The fourth-order valence-corrected chi connectivity index (χ4v) is 3.11. The van der Waals surface area contributed by atoms with Gasteiger partial charge in [0.15, 0.2) is 0 Å². The Morgan fingerprint density at radius 3 is 1.37 bits per heavy atom. The number of carboxylic acid groups (broad SMARTS) is 1. The molecule has 0 aromatic rings. The van der Waals surface area contributed by atoms with Gasteiger partial charge in [0.1, 0.15) is 0 Å². The molecule has 0 spiro atoms. The van der Waals surface area contributed by atoms with Crippen LogP contribution in [0.3, 0.4) is 0 Å². The van der Waals surface area contributed by atoms with Gasteiger partial charge in [0.2, 0.25) is 0 Å². The molecule has 2 nitrogen and oxygen atoms in total. The number of hydrogen-bond acceptors (Lipinski definition) is 1. The average molecular weight is 375 g/mol. The van der Waals surface area contributed by atoms with E-state index >= 15 is 0 Å². The molecular weight excluding hydrogens is 332 g/mol. The van der Waals surface area contributed by atoms with E-state index in [1.807, 2.05) is 0 Å². The summed E-state index contributed by atoms with van der Waals surface area (Å²) in [5.41, 5.74) is 0. The molecule has 0 atom stereocenters. The second-order valence-corrected chi connectivity index (χ2v) is 7.55. The summed E-state index contributed by atoms with van der Waals surface area (Å²) in [5.74, 6) is 11.7. The van der Waals surface area contributed by atoms with Crippen molar-refractivity contribution in [2.75, 3.05) is 0 Å². The van der Waals surface area contributed by atoms with E-state index in [1.165, 1.54) is 89.9 Å². The summed E-state index contributed by atoms with van der Waals surface area (Å²) in [6, 6.07) is 0. The van der Waals surface area contributed by atoms with Crippen LogP contribution in [0.15, 0.2) is 0 Å². The van der Waals surface area contributed by atoms with Gasteiger partial charge in [-0.3, -0.25) is 4.79 Å². The van der Waals surface area contributed by atoms with Crippen LogP contribution < -0.4 is 0 Å². The fraction of sp³-hybridized carbons (Fsp3) is 0.800.